The van der Waals surface area contributed by atoms with Gasteiger partial charge in [0.1, 0.15) is 0 Å². The molecule has 1 saturated heterocycles. The highest BCUT2D eigenvalue weighted by Crippen LogP contribution is 2.22. The number of nitrogens with zero attached hydrogens (tertiary/aromatic N) is 1. The number of piperidine rings is 1. The largest absolute Gasteiger partial charge is 0.342 e. The van der Waals surface area contributed by atoms with Crippen molar-refractivity contribution in [1.29, 1.82) is 0 Å². The maximum atomic E-state index is 12.7. The smallest absolute Gasteiger partial charge is 0.227 e. The number of carbonyl (C=O) groups excluding carboxylic acids is 1. The molecule has 3 heteroatoms. The fourth-order valence-corrected chi connectivity index (χ4v) is 3.42. The van der Waals surface area contributed by atoms with E-state index in [1.165, 1.54) is 28.7 Å². The van der Waals surface area contributed by atoms with Crippen molar-refractivity contribution in [1.82, 2.24) is 4.90 Å². The summed E-state index contributed by atoms with van der Waals surface area (Å²) in [6, 6.07) is 4.39. The van der Waals surface area contributed by atoms with Crippen molar-refractivity contribution < 1.29 is 4.79 Å². The molecule has 0 spiro atoms. The van der Waals surface area contributed by atoms with Gasteiger partial charge in [0.25, 0.3) is 0 Å². The van der Waals surface area contributed by atoms with Crippen LogP contribution in [0.3, 0.4) is 0 Å². The second-order valence-electron chi connectivity index (χ2n) is 6.40. The number of likely N-dealkylation sites (tertiary alicyclic amines) is 1. The van der Waals surface area contributed by atoms with Crippen LogP contribution >= 0.6 is 0 Å². The molecule has 0 aliphatic carbocycles. The summed E-state index contributed by atoms with van der Waals surface area (Å²) in [4.78, 5) is 14.7. The average molecular weight is 288 g/mol. The van der Waals surface area contributed by atoms with Crippen LogP contribution in [0.5, 0.6) is 0 Å². The molecule has 0 bridgehead atoms. The molecule has 21 heavy (non-hydrogen) atoms. The summed E-state index contributed by atoms with van der Waals surface area (Å²) < 4.78 is 0. The van der Waals surface area contributed by atoms with Gasteiger partial charge in [-0.05, 0) is 63.1 Å². The highest BCUT2D eigenvalue weighted by atomic mass is 16.2. The Labute approximate surface area is 128 Å². The van der Waals surface area contributed by atoms with Crippen molar-refractivity contribution in [3.63, 3.8) is 0 Å². The second kappa shape index (κ2) is 7.08. The topological polar surface area (TPSA) is 46.3 Å². The third-order valence-corrected chi connectivity index (χ3v) is 4.59. The van der Waals surface area contributed by atoms with E-state index in [9.17, 15) is 4.79 Å². The van der Waals surface area contributed by atoms with E-state index in [1.807, 2.05) is 4.90 Å². The maximum Gasteiger partial charge on any atom is 0.227 e. The number of benzene rings is 1. The van der Waals surface area contributed by atoms with Crippen LogP contribution in [0.2, 0.25) is 0 Å². The molecule has 1 aliphatic heterocycles. The van der Waals surface area contributed by atoms with Gasteiger partial charge in [0, 0.05) is 19.6 Å². The normalized spacial score (nSPS) is 16.9. The Kier molecular flexibility index (Phi) is 5.40. The zero-order valence-corrected chi connectivity index (χ0v) is 13.6. The third kappa shape index (κ3) is 3.85. The van der Waals surface area contributed by atoms with Crippen LogP contribution < -0.4 is 5.73 Å². The number of carbonyl (C=O) groups is 1. The van der Waals surface area contributed by atoms with Crippen LogP contribution in [-0.2, 0) is 11.2 Å². The summed E-state index contributed by atoms with van der Waals surface area (Å²) >= 11 is 0. The summed E-state index contributed by atoms with van der Waals surface area (Å²) in [5.41, 5.74) is 11.0. The lowest BCUT2D eigenvalue weighted by Crippen LogP contribution is -2.42. The Morgan fingerprint density at radius 1 is 1.14 bits per heavy atom. The lowest BCUT2D eigenvalue weighted by Gasteiger charge is -2.30. The Hall–Kier alpha value is -1.35. The zero-order chi connectivity index (χ0) is 15.4. The van der Waals surface area contributed by atoms with Crippen molar-refractivity contribution in [2.45, 2.75) is 46.5 Å². The van der Waals surface area contributed by atoms with Crippen LogP contribution in [0.15, 0.2) is 12.1 Å². The molecular weight excluding hydrogens is 260 g/mol. The Morgan fingerprint density at radius 2 is 1.71 bits per heavy atom. The summed E-state index contributed by atoms with van der Waals surface area (Å²) in [6.45, 7) is 8.62. The Bertz CT molecular complexity index is 481. The Morgan fingerprint density at radius 3 is 2.24 bits per heavy atom. The fourth-order valence-electron chi connectivity index (χ4n) is 3.42. The van der Waals surface area contributed by atoms with Crippen molar-refractivity contribution in [3.05, 3.63) is 34.4 Å². The van der Waals surface area contributed by atoms with Gasteiger partial charge >= 0.3 is 0 Å². The van der Waals surface area contributed by atoms with Crippen LogP contribution in [0.1, 0.15) is 41.5 Å². The molecule has 1 amide bonds. The van der Waals surface area contributed by atoms with Crippen molar-refractivity contribution >= 4 is 5.91 Å². The van der Waals surface area contributed by atoms with E-state index in [2.05, 4.69) is 32.9 Å². The van der Waals surface area contributed by atoms with Crippen LogP contribution in [-0.4, -0.2) is 30.4 Å². The monoisotopic (exact) mass is 288 g/mol. The first kappa shape index (κ1) is 16.0. The quantitative estimate of drug-likeness (QED) is 0.926. The summed E-state index contributed by atoms with van der Waals surface area (Å²) in [5.74, 6) is 0.166. The molecular formula is C18H28N2O. The molecule has 2 rings (SSSR count). The molecule has 0 aromatic heterocycles. The maximum absolute atomic E-state index is 12.7. The standard InChI is InChI=1S/C18H28N2O/c1-13-9-14(2)17(15(3)10-13)11-16(12-19)18(21)20-7-5-4-6-8-20/h9-10,16H,4-8,11-12,19H2,1-3H3. The lowest BCUT2D eigenvalue weighted by atomic mass is 9.90. The van der Waals surface area contributed by atoms with E-state index in [4.69, 9.17) is 5.73 Å². The predicted molar refractivity (Wildman–Crippen MR) is 87.3 cm³/mol. The molecule has 3 nitrogen and oxygen atoms in total. The van der Waals surface area contributed by atoms with E-state index < -0.39 is 0 Å². The summed E-state index contributed by atoms with van der Waals surface area (Å²) in [7, 11) is 0. The minimum atomic E-state index is -0.0804. The first-order valence-electron chi connectivity index (χ1n) is 8.08. The molecule has 1 aromatic carbocycles. The van der Waals surface area contributed by atoms with Gasteiger partial charge < -0.3 is 10.6 Å². The summed E-state index contributed by atoms with van der Waals surface area (Å²) in [6.07, 6.45) is 4.27. The molecule has 1 aliphatic rings. The minimum Gasteiger partial charge on any atom is -0.342 e. The second-order valence-corrected chi connectivity index (χ2v) is 6.40. The number of rotatable bonds is 4. The molecule has 1 aromatic rings. The first-order valence-corrected chi connectivity index (χ1v) is 8.08. The van der Waals surface area contributed by atoms with Crippen molar-refractivity contribution in [2.24, 2.45) is 11.7 Å². The SMILES string of the molecule is Cc1cc(C)c(CC(CN)C(=O)N2CCCCC2)c(C)c1. The van der Waals surface area contributed by atoms with E-state index in [1.54, 1.807) is 0 Å². The number of amides is 1. The molecule has 2 N–H and O–H groups in total. The molecule has 1 fully saturated rings. The van der Waals surface area contributed by atoms with Gasteiger partial charge in [-0.3, -0.25) is 4.79 Å². The number of hydrogen-bond acceptors (Lipinski definition) is 2. The average Bonchev–Trinajstić information content (AvgIpc) is 2.47. The first-order chi connectivity index (χ1) is 10.0. The van der Waals surface area contributed by atoms with Gasteiger partial charge in [-0.1, -0.05) is 17.7 Å². The molecule has 0 saturated carbocycles. The molecule has 1 atom stereocenters. The van der Waals surface area contributed by atoms with Crippen LogP contribution in [0, 0.1) is 26.7 Å². The van der Waals surface area contributed by atoms with Crippen molar-refractivity contribution in [3.8, 4) is 0 Å². The van der Waals surface area contributed by atoms with Gasteiger partial charge in [-0.15, -0.1) is 0 Å². The van der Waals surface area contributed by atoms with Gasteiger partial charge in [0.2, 0.25) is 5.91 Å². The molecule has 1 unspecified atom stereocenters. The summed E-state index contributed by atoms with van der Waals surface area (Å²) in [5, 5.41) is 0. The van der Waals surface area contributed by atoms with Gasteiger partial charge in [-0.2, -0.15) is 0 Å². The molecule has 0 radical (unpaired) electrons. The minimum absolute atomic E-state index is 0.0804. The van der Waals surface area contributed by atoms with Gasteiger partial charge in [0.15, 0.2) is 0 Å². The highest BCUT2D eigenvalue weighted by Gasteiger charge is 2.25. The number of aryl methyl sites for hydroxylation is 3. The van der Waals surface area contributed by atoms with E-state index in [0.717, 1.165) is 32.4 Å². The zero-order valence-electron chi connectivity index (χ0n) is 13.6. The van der Waals surface area contributed by atoms with E-state index in [0.29, 0.717) is 6.54 Å². The number of nitrogens with two attached hydrogens (primary N) is 1. The van der Waals surface area contributed by atoms with Crippen molar-refractivity contribution in [2.75, 3.05) is 19.6 Å². The number of hydrogen-bond donors (Lipinski definition) is 1. The van der Waals surface area contributed by atoms with Crippen LogP contribution in [0.25, 0.3) is 0 Å². The van der Waals surface area contributed by atoms with Crippen LogP contribution in [0.4, 0.5) is 0 Å². The lowest BCUT2D eigenvalue weighted by molar-refractivity contribution is -0.136. The van der Waals surface area contributed by atoms with E-state index in [-0.39, 0.29) is 11.8 Å². The van der Waals surface area contributed by atoms with E-state index >= 15 is 0 Å². The molecule has 116 valence electrons. The molecule has 1 heterocycles. The fraction of sp³-hybridized carbons (Fsp3) is 0.611. The Balaban J connectivity index is 2.13. The third-order valence-electron chi connectivity index (χ3n) is 4.59. The van der Waals surface area contributed by atoms with Gasteiger partial charge in [-0.25, -0.2) is 0 Å². The van der Waals surface area contributed by atoms with Gasteiger partial charge in [0.05, 0.1) is 5.92 Å². The highest BCUT2D eigenvalue weighted by molar-refractivity contribution is 5.79. The predicted octanol–water partition coefficient (Wildman–Crippen LogP) is 2.74.